The van der Waals surface area contributed by atoms with Gasteiger partial charge in [-0.05, 0) is 25.8 Å². The Hall–Kier alpha value is -2.81. The molecule has 3 aromatic rings. The number of aromatic nitrogens is 6. The molecule has 0 aromatic carbocycles. The minimum atomic E-state index is -0.182. The third kappa shape index (κ3) is 2.87. The van der Waals surface area contributed by atoms with Crippen molar-refractivity contribution in [1.82, 2.24) is 29.5 Å². The zero-order valence-electron chi connectivity index (χ0n) is 15.3. The molecule has 5 rings (SSSR count). The van der Waals surface area contributed by atoms with Gasteiger partial charge in [0.25, 0.3) is 5.56 Å². The smallest absolute Gasteiger partial charge is 0.267 e. The molecule has 27 heavy (non-hydrogen) atoms. The first-order valence-corrected chi connectivity index (χ1v) is 9.20. The summed E-state index contributed by atoms with van der Waals surface area (Å²) >= 11 is 0. The summed E-state index contributed by atoms with van der Waals surface area (Å²) in [6.45, 7) is 2.78. The predicted molar refractivity (Wildman–Crippen MR) is 98.8 cm³/mol. The molecule has 3 aromatic heterocycles. The molecular weight excluding hydrogens is 346 g/mol. The second kappa shape index (κ2) is 6.12. The minimum absolute atomic E-state index is 0.105. The summed E-state index contributed by atoms with van der Waals surface area (Å²) < 4.78 is 8.99. The molecule has 1 aliphatic carbocycles. The summed E-state index contributed by atoms with van der Waals surface area (Å²) in [4.78, 5) is 21.4. The first-order valence-electron chi connectivity index (χ1n) is 9.20. The molecule has 4 heterocycles. The molecule has 1 saturated carbocycles. The maximum Gasteiger partial charge on any atom is 0.267 e. The van der Waals surface area contributed by atoms with Crippen LogP contribution in [0.15, 0.2) is 23.1 Å². The van der Waals surface area contributed by atoms with E-state index in [9.17, 15) is 4.79 Å². The number of nitrogens with one attached hydrogen (secondary N) is 1. The molecular formula is C18H21N7O2. The van der Waals surface area contributed by atoms with Gasteiger partial charge in [-0.2, -0.15) is 10.2 Å². The Morgan fingerprint density at radius 2 is 2.07 bits per heavy atom. The van der Waals surface area contributed by atoms with Crippen LogP contribution in [0.4, 0.5) is 5.82 Å². The molecule has 0 bridgehead atoms. The van der Waals surface area contributed by atoms with Crippen LogP contribution in [0.25, 0.3) is 11.0 Å². The third-order valence-corrected chi connectivity index (χ3v) is 5.23. The maximum absolute atomic E-state index is 12.4. The van der Waals surface area contributed by atoms with Gasteiger partial charge in [0.1, 0.15) is 17.7 Å². The number of fused-ring (bicyclic) bond motifs is 1. The Balaban J connectivity index is 1.49. The van der Waals surface area contributed by atoms with Gasteiger partial charge in [0.15, 0.2) is 5.65 Å². The second-order valence-electron chi connectivity index (χ2n) is 7.30. The highest BCUT2D eigenvalue weighted by atomic mass is 16.5. The molecule has 0 radical (unpaired) electrons. The van der Waals surface area contributed by atoms with Gasteiger partial charge in [0, 0.05) is 19.0 Å². The molecule has 2 fully saturated rings. The van der Waals surface area contributed by atoms with Crippen LogP contribution >= 0.6 is 0 Å². The largest absolute Gasteiger partial charge is 0.377 e. The van der Waals surface area contributed by atoms with E-state index in [0.717, 1.165) is 29.6 Å². The van der Waals surface area contributed by atoms with E-state index in [1.165, 1.54) is 0 Å². The molecule has 2 atom stereocenters. The molecule has 9 heteroatoms. The number of hydrogen-bond donors (Lipinski definition) is 1. The lowest BCUT2D eigenvalue weighted by Gasteiger charge is -2.21. The van der Waals surface area contributed by atoms with Crippen molar-refractivity contribution in [2.24, 2.45) is 7.05 Å². The molecule has 2 aliphatic rings. The third-order valence-electron chi connectivity index (χ3n) is 5.23. The topological polar surface area (TPSA) is 99.8 Å². The zero-order valence-corrected chi connectivity index (χ0v) is 15.3. The van der Waals surface area contributed by atoms with E-state index in [-0.39, 0.29) is 17.6 Å². The van der Waals surface area contributed by atoms with Gasteiger partial charge >= 0.3 is 0 Å². The predicted octanol–water partition coefficient (Wildman–Crippen LogP) is 1.16. The van der Waals surface area contributed by atoms with E-state index < -0.39 is 0 Å². The number of anilines is 1. The van der Waals surface area contributed by atoms with Crippen molar-refractivity contribution in [3.63, 3.8) is 0 Å². The van der Waals surface area contributed by atoms with Gasteiger partial charge in [0.05, 0.1) is 36.5 Å². The molecule has 1 N–H and O–H groups in total. The van der Waals surface area contributed by atoms with Crippen molar-refractivity contribution < 1.29 is 4.74 Å². The number of ether oxygens (including phenoxy) is 1. The Labute approximate surface area is 155 Å². The maximum atomic E-state index is 12.4. The van der Waals surface area contributed by atoms with Crippen LogP contribution in [0.5, 0.6) is 0 Å². The Morgan fingerprint density at radius 1 is 1.22 bits per heavy atom. The van der Waals surface area contributed by atoms with Gasteiger partial charge < -0.3 is 10.1 Å². The first kappa shape index (κ1) is 16.4. The highest BCUT2D eigenvalue weighted by Gasteiger charge is 2.33. The summed E-state index contributed by atoms with van der Waals surface area (Å²) in [6, 6.07) is 3.17. The van der Waals surface area contributed by atoms with Crippen molar-refractivity contribution in [1.29, 1.82) is 0 Å². The van der Waals surface area contributed by atoms with Crippen molar-refractivity contribution >= 4 is 16.9 Å². The van der Waals surface area contributed by atoms with Crippen LogP contribution in [0.3, 0.4) is 0 Å². The van der Waals surface area contributed by atoms with E-state index in [0.29, 0.717) is 30.8 Å². The van der Waals surface area contributed by atoms with Gasteiger partial charge in [-0.3, -0.25) is 9.48 Å². The van der Waals surface area contributed by atoms with Crippen LogP contribution in [0, 0.1) is 6.92 Å². The van der Waals surface area contributed by atoms with Gasteiger partial charge in [-0.25, -0.2) is 14.6 Å². The summed E-state index contributed by atoms with van der Waals surface area (Å²) in [5.41, 5.74) is 1.66. The highest BCUT2D eigenvalue weighted by Crippen LogP contribution is 2.38. The molecule has 2 unspecified atom stereocenters. The van der Waals surface area contributed by atoms with Crippen LogP contribution in [-0.4, -0.2) is 48.8 Å². The van der Waals surface area contributed by atoms with Crippen molar-refractivity contribution in [3.05, 3.63) is 40.2 Å². The van der Waals surface area contributed by atoms with Crippen LogP contribution in [-0.2, 0) is 11.8 Å². The molecule has 0 amide bonds. The van der Waals surface area contributed by atoms with E-state index >= 15 is 0 Å². The van der Waals surface area contributed by atoms with Crippen LogP contribution in [0.1, 0.15) is 36.3 Å². The SMILES string of the molecule is Cc1nc(NC2COCC2n2nc(C3CC3)ccc2=O)c2cnn(C)c2n1. The fourth-order valence-corrected chi connectivity index (χ4v) is 3.61. The molecule has 9 nitrogen and oxygen atoms in total. The average molecular weight is 367 g/mol. The van der Waals surface area contributed by atoms with E-state index in [4.69, 9.17) is 4.74 Å². The first-order chi connectivity index (χ1) is 13.1. The standard InChI is InChI=1S/C18H21N7O2/c1-10-20-17(12-7-19-24(2)18(12)21-10)22-14-8-27-9-15(14)25-16(26)6-5-13(23-25)11-3-4-11/h5-7,11,14-15H,3-4,8-9H2,1-2H3,(H,20,21,22). The molecule has 140 valence electrons. The minimum Gasteiger partial charge on any atom is -0.377 e. The van der Waals surface area contributed by atoms with E-state index in [2.05, 4.69) is 25.5 Å². The molecule has 0 spiro atoms. The quantitative estimate of drug-likeness (QED) is 0.738. The number of rotatable bonds is 4. The summed E-state index contributed by atoms with van der Waals surface area (Å²) in [5, 5.41) is 13.2. The lowest BCUT2D eigenvalue weighted by molar-refractivity contribution is 0.182. The summed E-state index contributed by atoms with van der Waals surface area (Å²) in [6.07, 6.45) is 4.04. The molecule has 1 saturated heterocycles. The monoisotopic (exact) mass is 367 g/mol. The van der Waals surface area contributed by atoms with Crippen molar-refractivity contribution in [3.8, 4) is 0 Å². The van der Waals surface area contributed by atoms with Crippen LogP contribution < -0.4 is 10.9 Å². The van der Waals surface area contributed by atoms with Crippen LogP contribution in [0.2, 0.25) is 0 Å². The van der Waals surface area contributed by atoms with Crippen molar-refractivity contribution in [2.45, 2.75) is 37.8 Å². The number of aryl methyl sites for hydroxylation is 2. The normalized spacial score (nSPS) is 22.4. The van der Waals surface area contributed by atoms with E-state index in [1.807, 2.05) is 20.0 Å². The van der Waals surface area contributed by atoms with Gasteiger partial charge in [-0.15, -0.1) is 0 Å². The van der Waals surface area contributed by atoms with Gasteiger partial charge in [0.2, 0.25) is 0 Å². The second-order valence-corrected chi connectivity index (χ2v) is 7.30. The Bertz CT molecular complexity index is 1070. The number of hydrogen-bond acceptors (Lipinski definition) is 7. The van der Waals surface area contributed by atoms with E-state index in [1.54, 1.807) is 21.6 Å². The van der Waals surface area contributed by atoms with Crippen molar-refractivity contribution in [2.75, 3.05) is 18.5 Å². The Morgan fingerprint density at radius 3 is 2.89 bits per heavy atom. The highest BCUT2D eigenvalue weighted by molar-refractivity contribution is 5.86. The molecule has 1 aliphatic heterocycles. The summed E-state index contributed by atoms with van der Waals surface area (Å²) in [7, 11) is 1.85. The zero-order chi connectivity index (χ0) is 18.5. The van der Waals surface area contributed by atoms with Gasteiger partial charge in [-0.1, -0.05) is 0 Å². The number of nitrogens with zero attached hydrogens (tertiary/aromatic N) is 6. The Kier molecular flexibility index (Phi) is 3.71. The lowest BCUT2D eigenvalue weighted by Crippen LogP contribution is -2.37. The average Bonchev–Trinajstić information content (AvgIpc) is 3.30. The summed E-state index contributed by atoms with van der Waals surface area (Å²) in [5.74, 6) is 1.86. The fourth-order valence-electron chi connectivity index (χ4n) is 3.61. The fraction of sp³-hybridized carbons (Fsp3) is 0.500. The lowest BCUT2D eigenvalue weighted by atomic mass is 10.1.